The zero-order valence-electron chi connectivity index (χ0n) is 17.4. The van der Waals surface area contributed by atoms with E-state index < -0.39 is 16.5 Å². The number of amidine groups is 1. The van der Waals surface area contributed by atoms with Gasteiger partial charge in [0, 0.05) is 23.2 Å². The zero-order chi connectivity index (χ0) is 23.1. The molecule has 0 aliphatic carbocycles. The van der Waals surface area contributed by atoms with E-state index in [0.29, 0.717) is 11.4 Å². The third-order valence-corrected chi connectivity index (χ3v) is 5.29. The first-order chi connectivity index (χ1) is 16.0. The van der Waals surface area contributed by atoms with Gasteiger partial charge in [-0.2, -0.15) is 0 Å². The monoisotopic (exact) mass is 443 g/mol. The second kappa shape index (κ2) is 7.75. The van der Waals surface area contributed by atoms with Crippen LogP contribution in [0.25, 0.3) is 16.5 Å². The average Bonchev–Trinajstić information content (AvgIpc) is 3.17. The Morgan fingerprint density at radius 3 is 2.55 bits per heavy atom. The van der Waals surface area contributed by atoms with Gasteiger partial charge in [0.2, 0.25) is 0 Å². The molecular weight excluding hydrogens is 426 g/mol. The van der Waals surface area contributed by atoms with Gasteiger partial charge in [-0.25, -0.2) is 14.5 Å². The van der Waals surface area contributed by atoms with Crippen molar-refractivity contribution in [3.63, 3.8) is 0 Å². The number of hydrogen-bond acceptors (Lipinski definition) is 7. The second-order valence-electron chi connectivity index (χ2n) is 7.26. The number of aliphatic imine (C=N–C) groups is 1. The van der Waals surface area contributed by atoms with E-state index in [4.69, 9.17) is 4.74 Å². The molecule has 0 amide bonds. The van der Waals surface area contributed by atoms with Crippen molar-refractivity contribution in [1.29, 1.82) is 0 Å². The molecule has 0 spiro atoms. The molecule has 5 rings (SSSR count). The largest absolute Gasteiger partial charge is 0.461 e. The fraction of sp³-hybridized carbons (Fsp3) is 0.0870. The van der Waals surface area contributed by atoms with Crippen molar-refractivity contribution in [3.8, 4) is 5.69 Å². The molecule has 2 heterocycles. The fourth-order valence-corrected chi connectivity index (χ4v) is 3.83. The van der Waals surface area contributed by atoms with Gasteiger partial charge in [-0.1, -0.05) is 24.3 Å². The quantitative estimate of drug-likeness (QED) is 0.273. The minimum atomic E-state index is -0.716. The molecule has 4 aromatic rings. The third kappa shape index (κ3) is 3.33. The topological polar surface area (TPSA) is 132 Å². The van der Waals surface area contributed by atoms with Crippen LogP contribution < -0.4 is 10.9 Å². The summed E-state index contributed by atoms with van der Waals surface area (Å²) in [6, 6.07) is 16.8. The standard InChI is InChI=1S/C23H17N5O5/c1-2-33-23(30)20-19(22(29)27(26-20)14-9-11-15(12-10-14)28(31)32)21-24-16-7-3-5-13-6-4-8-17(25-21)18(13)16/h3-12,26H,2H2,1H3,(H,24,25). The summed E-state index contributed by atoms with van der Waals surface area (Å²) in [5.74, 6) is -0.516. The van der Waals surface area contributed by atoms with Crippen molar-refractivity contribution in [3.05, 3.63) is 92.4 Å². The molecule has 10 nitrogen and oxygen atoms in total. The molecule has 0 saturated carbocycles. The number of non-ortho nitro benzene ring substituents is 1. The predicted octanol–water partition coefficient (Wildman–Crippen LogP) is 3.91. The van der Waals surface area contributed by atoms with Crippen LogP contribution in [0.5, 0.6) is 0 Å². The summed E-state index contributed by atoms with van der Waals surface area (Å²) in [5.41, 5.74) is 1.01. The Morgan fingerprint density at radius 2 is 1.85 bits per heavy atom. The number of rotatable bonds is 5. The molecule has 1 aliphatic heterocycles. The van der Waals surface area contributed by atoms with Gasteiger partial charge in [-0.05, 0) is 36.6 Å². The van der Waals surface area contributed by atoms with E-state index in [2.05, 4.69) is 15.4 Å². The maximum absolute atomic E-state index is 13.4. The van der Waals surface area contributed by atoms with E-state index in [9.17, 15) is 19.7 Å². The minimum absolute atomic E-state index is 0.0123. The molecule has 0 atom stereocenters. The first kappa shape index (κ1) is 20.2. The number of aromatic nitrogens is 2. The van der Waals surface area contributed by atoms with E-state index in [0.717, 1.165) is 21.1 Å². The molecule has 0 unspecified atom stereocenters. The Bertz CT molecular complexity index is 1510. The molecular formula is C23H17N5O5. The number of nitro benzene ring substituents is 1. The van der Waals surface area contributed by atoms with Gasteiger partial charge in [0.15, 0.2) is 5.69 Å². The van der Waals surface area contributed by atoms with Crippen LogP contribution in [0.2, 0.25) is 0 Å². The van der Waals surface area contributed by atoms with Crippen LogP contribution in [-0.4, -0.2) is 33.1 Å². The lowest BCUT2D eigenvalue weighted by atomic mass is 10.0. The highest BCUT2D eigenvalue weighted by Gasteiger charge is 2.28. The molecule has 33 heavy (non-hydrogen) atoms. The first-order valence-corrected chi connectivity index (χ1v) is 10.1. The molecule has 1 aliphatic rings. The van der Waals surface area contributed by atoms with Crippen LogP contribution in [0.1, 0.15) is 23.0 Å². The van der Waals surface area contributed by atoms with E-state index in [1.165, 1.54) is 24.3 Å². The molecule has 0 saturated heterocycles. The number of aromatic amines is 1. The van der Waals surface area contributed by atoms with Crippen LogP contribution in [0.15, 0.2) is 70.5 Å². The number of esters is 1. The van der Waals surface area contributed by atoms with E-state index in [-0.39, 0.29) is 29.4 Å². The molecule has 164 valence electrons. The number of carbonyl (C=O) groups excluding carboxylic acids is 1. The molecule has 2 N–H and O–H groups in total. The van der Waals surface area contributed by atoms with Crippen LogP contribution >= 0.6 is 0 Å². The average molecular weight is 443 g/mol. The minimum Gasteiger partial charge on any atom is -0.461 e. The van der Waals surface area contributed by atoms with Crippen LogP contribution in [-0.2, 0) is 4.74 Å². The van der Waals surface area contributed by atoms with Crippen LogP contribution in [0.3, 0.4) is 0 Å². The summed E-state index contributed by atoms with van der Waals surface area (Å²) in [6.07, 6.45) is 0. The maximum Gasteiger partial charge on any atom is 0.357 e. The van der Waals surface area contributed by atoms with Gasteiger partial charge in [0.05, 0.1) is 22.9 Å². The molecule has 1 aromatic heterocycles. The summed E-state index contributed by atoms with van der Waals surface area (Å²) in [4.78, 5) is 41.2. The van der Waals surface area contributed by atoms with Gasteiger partial charge >= 0.3 is 5.97 Å². The normalized spacial score (nSPS) is 12.2. The number of nitro groups is 1. The molecule has 0 bridgehead atoms. The summed E-state index contributed by atoms with van der Waals surface area (Å²) < 4.78 is 6.28. The number of nitrogens with one attached hydrogen (secondary N) is 2. The Morgan fingerprint density at radius 1 is 1.12 bits per heavy atom. The van der Waals surface area contributed by atoms with Crippen LogP contribution in [0.4, 0.5) is 17.1 Å². The van der Waals surface area contributed by atoms with Gasteiger partial charge in [-0.3, -0.25) is 20.0 Å². The molecule has 10 heteroatoms. The maximum atomic E-state index is 13.4. The summed E-state index contributed by atoms with van der Waals surface area (Å²) >= 11 is 0. The lowest BCUT2D eigenvalue weighted by Gasteiger charge is -2.18. The summed E-state index contributed by atoms with van der Waals surface area (Å²) in [7, 11) is 0. The number of H-pyrrole nitrogens is 1. The van der Waals surface area contributed by atoms with Crippen molar-refractivity contribution in [2.24, 2.45) is 4.99 Å². The Balaban J connectivity index is 1.69. The van der Waals surface area contributed by atoms with Gasteiger partial charge in [0.25, 0.3) is 11.2 Å². The van der Waals surface area contributed by atoms with Gasteiger partial charge in [0.1, 0.15) is 11.4 Å². The van der Waals surface area contributed by atoms with Crippen molar-refractivity contribution >= 4 is 39.6 Å². The van der Waals surface area contributed by atoms with E-state index >= 15 is 0 Å². The van der Waals surface area contributed by atoms with Crippen molar-refractivity contribution in [2.45, 2.75) is 6.92 Å². The number of nitrogens with zero attached hydrogens (tertiary/aromatic N) is 3. The predicted molar refractivity (Wildman–Crippen MR) is 123 cm³/mol. The highest BCUT2D eigenvalue weighted by Crippen LogP contribution is 2.36. The Hall–Kier alpha value is -4.73. The van der Waals surface area contributed by atoms with Crippen molar-refractivity contribution in [1.82, 2.24) is 9.78 Å². The van der Waals surface area contributed by atoms with Crippen molar-refractivity contribution in [2.75, 3.05) is 11.9 Å². The fourth-order valence-electron chi connectivity index (χ4n) is 3.83. The first-order valence-electron chi connectivity index (χ1n) is 10.1. The van der Waals surface area contributed by atoms with Gasteiger partial charge < -0.3 is 10.1 Å². The lowest BCUT2D eigenvalue weighted by Crippen LogP contribution is -2.27. The highest BCUT2D eigenvalue weighted by molar-refractivity contribution is 6.21. The summed E-state index contributed by atoms with van der Waals surface area (Å²) in [5, 5.41) is 18.8. The van der Waals surface area contributed by atoms with Crippen LogP contribution in [0, 0.1) is 10.1 Å². The summed E-state index contributed by atoms with van der Waals surface area (Å²) in [6.45, 7) is 1.78. The third-order valence-electron chi connectivity index (χ3n) is 5.29. The Kier molecular flexibility index (Phi) is 4.74. The molecule has 0 fully saturated rings. The smallest absolute Gasteiger partial charge is 0.357 e. The zero-order valence-corrected chi connectivity index (χ0v) is 17.4. The number of ether oxygens (including phenoxy) is 1. The molecule has 0 radical (unpaired) electrons. The number of anilines is 1. The Labute approximate surface area is 186 Å². The number of hydrogen-bond donors (Lipinski definition) is 2. The second-order valence-corrected chi connectivity index (χ2v) is 7.26. The molecule has 3 aromatic carbocycles. The SMILES string of the molecule is CCOC(=O)c1[nH]n(-c2ccc([N+](=O)[O-])cc2)c(=O)c1C1=Nc2cccc3cccc(c23)N1. The number of benzene rings is 3. The number of carbonyl (C=O) groups is 1. The highest BCUT2D eigenvalue weighted by atomic mass is 16.6. The van der Waals surface area contributed by atoms with Gasteiger partial charge in [-0.15, -0.1) is 0 Å². The van der Waals surface area contributed by atoms with Crippen molar-refractivity contribution < 1.29 is 14.5 Å². The lowest BCUT2D eigenvalue weighted by molar-refractivity contribution is -0.384. The van der Waals surface area contributed by atoms with E-state index in [1.54, 1.807) is 6.92 Å². The van der Waals surface area contributed by atoms with E-state index in [1.807, 2.05) is 36.4 Å².